The van der Waals surface area contributed by atoms with Crippen molar-refractivity contribution < 1.29 is 13.9 Å². The van der Waals surface area contributed by atoms with E-state index < -0.39 is 8.32 Å². The van der Waals surface area contributed by atoms with Gasteiger partial charge in [-0.05, 0) is 82.1 Å². The van der Waals surface area contributed by atoms with Crippen LogP contribution in [0.1, 0.15) is 38.2 Å². The number of rotatable bonds is 8. The molecule has 1 aromatic heterocycles. The van der Waals surface area contributed by atoms with E-state index in [2.05, 4.69) is 36.5 Å². The monoisotopic (exact) mass is 400 g/mol. The predicted octanol–water partition coefficient (Wildman–Crippen LogP) is 5.22. The predicted molar refractivity (Wildman–Crippen MR) is 114 cm³/mol. The smallest absolute Gasteiger partial charge is 0.199 e. The molecule has 28 heavy (non-hydrogen) atoms. The lowest BCUT2D eigenvalue weighted by molar-refractivity contribution is -0.105. The highest BCUT2D eigenvalue weighted by molar-refractivity contribution is 6.69. The van der Waals surface area contributed by atoms with Crippen molar-refractivity contribution in [2.75, 3.05) is 6.61 Å². The third-order valence-electron chi connectivity index (χ3n) is 4.62. The van der Waals surface area contributed by atoms with E-state index >= 15 is 0 Å². The van der Waals surface area contributed by atoms with Crippen LogP contribution in [0.4, 0.5) is 0 Å². The summed E-state index contributed by atoms with van der Waals surface area (Å²) in [7, 11) is -1.48. The van der Waals surface area contributed by atoms with Crippen molar-refractivity contribution in [3.8, 4) is 17.1 Å². The molecule has 1 aliphatic heterocycles. The van der Waals surface area contributed by atoms with Crippen LogP contribution in [0.3, 0.4) is 0 Å². The number of hydrogen-bond acceptors (Lipinski definition) is 5. The van der Waals surface area contributed by atoms with Crippen molar-refractivity contribution in [3.05, 3.63) is 42.2 Å². The van der Waals surface area contributed by atoms with E-state index in [-0.39, 0.29) is 12.4 Å². The summed E-state index contributed by atoms with van der Waals surface area (Å²) < 4.78 is 17.6. The van der Waals surface area contributed by atoms with E-state index in [1.54, 1.807) is 0 Å². The first-order valence-corrected chi connectivity index (χ1v) is 13.7. The van der Waals surface area contributed by atoms with Crippen molar-refractivity contribution in [1.29, 1.82) is 0 Å². The molecule has 1 aliphatic rings. The summed E-state index contributed by atoms with van der Waals surface area (Å²) in [5.74, 6) is 1.55. The minimum absolute atomic E-state index is 0.123. The maximum atomic E-state index is 6.10. The van der Waals surface area contributed by atoms with Gasteiger partial charge >= 0.3 is 0 Å². The number of aryl methyl sites for hydroxylation is 1. The van der Waals surface area contributed by atoms with E-state index in [1.807, 2.05) is 36.7 Å². The van der Waals surface area contributed by atoms with Crippen LogP contribution in [0, 0.1) is 0 Å². The molecule has 2 heterocycles. The maximum absolute atomic E-state index is 6.10. The summed E-state index contributed by atoms with van der Waals surface area (Å²) in [5, 5.41) is 0. The molecule has 0 aliphatic carbocycles. The number of aromatic nitrogens is 2. The van der Waals surface area contributed by atoms with Gasteiger partial charge in [-0.1, -0.05) is 0 Å². The van der Waals surface area contributed by atoms with Crippen molar-refractivity contribution in [1.82, 2.24) is 9.97 Å². The van der Waals surface area contributed by atoms with E-state index in [4.69, 9.17) is 13.9 Å². The molecular formula is C22H32N2O3Si. The van der Waals surface area contributed by atoms with Crippen LogP contribution < -0.4 is 4.74 Å². The summed E-state index contributed by atoms with van der Waals surface area (Å²) >= 11 is 0. The van der Waals surface area contributed by atoms with Crippen LogP contribution >= 0.6 is 0 Å². The summed E-state index contributed by atoms with van der Waals surface area (Å²) in [6.45, 7) is 9.60. The summed E-state index contributed by atoms with van der Waals surface area (Å²) in [6, 6.07) is 7.91. The topological polar surface area (TPSA) is 53.5 Å². The maximum Gasteiger partial charge on any atom is 0.199 e. The van der Waals surface area contributed by atoms with E-state index in [0.29, 0.717) is 0 Å². The van der Waals surface area contributed by atoms with Crippen LogP contribution in [0.2, 0.25) is 19.6 Å². The Morgan fingerprint density at radius 1 is 1.11 bits per heavy atom. The first kappa shape index (κ1) is 21.0. The van der Waals surface area contributed by atoms with Gasteiger partial charge in [-0.25, -0.2) is 9.97 Å². The molecule has 1 saturated heterocycles. The van der Waals surface area contributed by atoms with Crippen LogP contribution in [0.25, 0.3) is 11.4 Å². The summed E-state index contributed by atoms with van der Waals surface area (Å²) in [5.41, 5.74) is 2.13. The zero-order chi connectivity index (χ0) is 20.0. The molecule has 1 fully saturated rings. The molecule has 0 radical (unpaired) electrons. The van der Waals surface area contributed by atoms with E-state index in [1.165, 1.54) is 0 Å². The SMILES string of the molecule is CC(CCc1cnc(-c2ccc(OC3CCCCO3)cc2)nc1)O[Si](C)(C)C. The van der Waals surface area contributed by atoms with Gasteiger partial charge < -0.3 is 13.9 Å². The molecule has 0 amide bonds. The molecule has 2 atom stereocenters. The molecule has 1 aromatic carbocycles. The number of nitrogens with zero attached hydrogens (tertiary/aromatic N) is 2. The molecule has 0 bridgehead atoms. The minimum Gasteiger partial charge on any atom is -0.465 e. The van der Waals surface area contributed by atoms with Crippen LogP contribution in [-0.2, 0) is 15.6 Å². The Balaban J connectivity index is 1.52. The fourth-order valence-corrected chi connectivity index (χ4v) is 4.63. The molecular weight excluding hydrogens is 368 g/mol. The van der Waals surface area contributed by atoms with Gasteiger partial charge in [-0.3, -0.25) is 0 Å². The highest BCUT2D eigenvalue weighted by Gasteiger charge is 2.18. The molecule has 0 saturated carbocycles. The van der Waals surface area contributed by atoms with Crippen molar-refractivity contribution in [2.24, 2.45) is 0 Å². The molecule has 2 unspecified atom stereocenters. The molecule has 5 nitrogen and oxygen atoms in total. The second kappa shape index (κ2) is 9.63. The van der Waals surface area contributed by atoms with Crippen molar-refractivity contribution in [2.45, 2.75) is 71.1 Å². The molecule has 2 aromatic rings. The second-order valence-electron chi connectivity index (χ2n) is 8.43. The number of benzene rings is 1. The van der Waals surface area contributed by atoms with Crippen molar-refractivity contribution in [3.63, 3.8) is 0 Å². The molecule has 3 rings (SSSR count). The lowest BCUT2D eigenvalue weighted by atomic mass is 10.1. The number of ether oxygens (including phenoxy) is 2. The lowest BCUT2D eigenvalue weighted by Gasteiger charge is -2.23. The van der Waals surface area contributed by atoms with E-state index in [0.717, 1.165) is 61.4 Å². The lowest BCUT2D eigenvalue weighted by Crippen LogP contribution is -2.30. The number of hydrogen-bond donors (Lipinski definition) is 0. The highest BCUT2D eigenvalue weighted by Crippen LogP contribution is 2.23. The summed E-state index contributed by atoms with van der Waals surface area (Å²) in [6.07, 6.45) is 9.14. The zero-order valence-electron chi connectivity index (χ0n) is 17.5. The van der Waals surface area contributed by atoms with Gasteiger partial charge in [-0.2, -0.15) is 0 Å². The molecule has 6 heteroatoms. The Morgan fingerprint density at radius 3 is 2.43 bits per heavy atom. The fraction of sp³-hybridized carbons (Fsp3) is 0.545. The molecule has 0 spiro atoms. The Hall–Kier alpha value is -1.76. The van der Waals surface area contributed by atoms with Gasteiger partial charge in [0.1, 0.15) is 5.75 Å². The average Bonchev–Trinajstić information content (AvgIpc) is 2.67. The fourth-order valence-electron chi connectivity index (χ4n) is 3.30. The zero-order valence-corrected chi connectivity index (χ0v) is 18.5. The molecule has 152 valence electrons. The van der Waals surface area contributed by atoms with Gasteiger partial charge in [0.25, 0.3) is 0 Å². The van der Waals surface area contributed by atoms with Gasteiger partial charge in [0.05, 0.1) is 6.61 Å². The highest BCUT2D eigenvalue weighted by atomic mass is 28.4. The largest absolute Gasteiger partial charge is 0.465 e. The standard InChI is InChI=1S/C22H32N2O3Si/c1-17(27-28(2,3)4)8-9-18-15-23-22(24-16-18)19-10-12-20(13-11-19)26-21-7-5-6-14-25-21/h10-13,15-17,21H,5-9,14H2,1-4H3. The quantitative estimate of drug-likeness (QED) is 0.569. The minimum atomic E-state index is -1.48. The Labute approximate surface area is 169 Å². The Bertz CT molecular complexity index is 723. The first-order valence-electron chi connectivity index (χ1n) is 10.3. The third kappa shape index (κ3) is 6.69. The van der Waals surface area contributed by atoms with Gasteiger partial charge in [0.15, 0.2) is 20.4 Å². The van der Waals surface area contributed by atoms with Crippen LogP contribution in [0.15, 0.2) is 36.7 Å². The third-order valence-corrected chi connectivity index (χ3v) is 5.73. The van der Waals surface area contributed by atoms with Gasteiger partial charge in [0, 0.05) is 30.5 Å². The van der Waals surface area contributed by atoms with Gasteiger partial charge in [0.2, 0.25) is 0 Å². The Morgan fingerprint density at radius 2 is 1.82 bits per heavy atom. The first-order chi connectivity index (χ1) is 13.4. The average molecular weight is 401 g/mol. The van der Waals surface area contributed by atoms with Gasteiger partial charge in [-0.15, -0.1) is 0 Å². The normalized spacial score (nSPS) is 18.6. The summed E-state index contributed by atoms with van der Waals surface area (Å²) in [4.78, 5) is 9.08. The Kier molecular flexibility index (Phi) is 7.21. The van der Waals surface area contributed by atoms with Crippen LogP contribution in [-0.4, -0.2) is 37.3 Å². The van der Waals surface area contributed by atoms with Crippen LogP contribution in [0.5, 0.6) is 5.75 Å². The van der Waals surface area contributed by atoms with Crippen molar-refractivity contribution >= 4 is 8.32 Å². The van der Waals surface area contributed by atoms with E-state index in [9.17, 15) is 0 Å². The second-order valence-corrected chi connectivity index (χ2v) is 12.9. The molecule has 0 N–H and O–H groups in total.